The van der Waals surface area contributed by atoms with Gasteiger partial charge in [0.15, 0.2) is 5.71 Å². The SMILES string of the molecule is O=C1c2ccccc2C(=O)N1CCCN1C(=O)/C(=N/O)c2ccc(-c3ccsc3)cc21. The third-order valence-corrected chi connectivity index (χ3v) is 6.27. The summed E-state index contributed by atoms with van der Waals surface area (Å²) < 4.78 is 0. The van der Waals surface area contributed by atoms with Gasteiger partial charge in [-0.3, -0.25) is 19.3 Å². The van der Waals surface area contributed by atoms with Gasteiger partial charge >= 0.3 is 0 Å². The second-order valence-electron chi connectivity index (χ2n) is 7.31. The number of amides is 3. The molecular weight excluding hydrogens is 414 g/mol. The van der Waals surface area contributed by atoms with E-state index in [9.17, 15) is 19.6 Å². The van der Waals surface area contributed by atoms with Gasteiger partial charge in [0.2, 0.25) is 0 Å². The number of oxime groups is 1. The third kappa shape index (κ3) is 3.03. The molecule has 1 aromatic heterocycles. The summed E-state index contributed by atoms with van der Waals surface area (Å²) in [4.78, 5) is 40.7. The Kier molecular flexibility index (Phi) is 4.63. The van der Waals surface area contributed by atoms with Gasteiger partial charge < -0.3 is 10.1 Å². The van der Waals surface area contributed by atoms with Crippen LogP contribution in [0, 0.1) is 0 Å². The van der Waals surface area contributed by atoms with E-state index in [2.05, 4.69) is 5.16 Å². The number of benzene rings is 2. The molecule has 31 heavy (non-hydrogen) atoms. The first kappa shape index (κ1) is 19.2. The van der Waals surface area contributed by atoms with Crippen LogP contribution in [-0.4, -0.2) is 46.6 Å². The second-order valence-corrected chi connectivity index (χ2v) is 8.09. The summed E-state index contributed by atoms with van der Waals surface area (Å²) in [5.74, 6) is -1.03. The first-order valence-corrected chi connectivity index (χ1v) is 10.7. The first-order valence-electron chi connectivity index (χ1n) is 9.76. The lowest BCUT2D eigenvalue weighted by molar-refractivity contribution is -0.112. The van der Waals surface area contributed by atoms with Gasteiger partial charge in [0.1, 0.15) is 0 Å². The van der Waals surface area contributed by atoms with E-state index in [0.717, 1.165) is 11.1 Å². The fourth-order valence-corrected chi connectivity index (χ4v) is 4.73. The molecule has 0 saturated carbocycles. The average molecular weight is 431 g/mol. The number of hydrogen-bond acceptors (Lipinski definition) is 6. The first-order chi connectivity index (χ1) is 15.1. The lowest BCUT2D eigenvalue weighted by atomic mass is 10.0. The normalized spacial score (nSPS) is 16.4. The molecule has 0 unspecified atom stereocenters. The summed E-state index contributed by atoms with van der Waals surface area (Å²) in [6.07, 6.45) is 0.401. The van der Waals surface area contributed by atoms with E-state index in [-0.39, 0.29) is 30.6 Å². The molecule has 5 rings (SSSR count). The topological polar surface area (TPSA) is 90.3 Å². The zero-order valence-electron chi connectivity index (χ0n) is 16.3. The molecule has 154 valence electrons. The van der Waals surface area contributed by atoms with E-state index in [1.807, 2.05) is 29.0 Å². The highest BCUT2D eigenvalue weighted by Gasteiger charge is 2.37. The Labute approximate surface area is 181 Å². The predicted molar refractivity (Wildman–Crippen MR) is 117 cm³/mol. The molecule has 0 bridgehead atoms. The van der Waals surface area contributed by atoms with Crippen molar-refractivity contribution in [3.05, 3.63) is 76.0 Å². The summed E-state index contributed by atoms with van der Waals surface area (Å²) in [6, 6.07) is 14.3. The molecular formula is C23H17N3O4S. The maximum Gasteiger partial charge on any atom is 0.281 e. The Hall–Kier alpha value is -3.78. The van der Waals surface area contributed by atoms with Crippen LogP contribution < -0.4 is 4.90 Å². The van der Waals surface area contributed by atoms with Crippen molar-refractivity contribution in [1.29, 1.82) is 0 Å². The van der Waals surface area contributed by atoms with Crippen LogP contribution in [0.2, 0.25) is 0 Å². The van der Waals surface area contributed by atoms with Crippen LogP contribution in [0.4, 0.5) is 5.69 Å². The van der Waals surface area contributed by atoms with Gasteiger partial charge in [-0.1, -0.05) is 23.4 Å². The Bertz CT molecular complexity index is 1210. The van der Waals surface area contributed by atoms with E-state index < -0.39 is 5.91 Å². The van der Waals surface area contributed by atoms with Crippen molar-refractivity contribution in [2.24, 2.45) is 5.16 Å². The standard InChI is InChI=1S/C23H17N3O4S/c27-21-16-4-1-2-5-17(16)22(28)26(21)10-3-9-25-19-12-14(15-8-11-31-13-15)6-7-18(19)20(24-30)23(25)29/h1-2,4-8,11-13,30H,3,9-10H2/b24-20+. The molecule has 7 nitrogen and oxygen atoms in total. The van der Waals surface area contributed by atoms with Crippen molar-refractivity contribution in [3.8, 4) is 11.1 Å². The molecule has 0 radical (unpaired) electrons. The molecule has 0 atom stereocenters. The van der Waals surface area contributed by atoms with Gasteiger partial charge in [-0.2, -0.15) is 11.3 Å². The highest BCUT2D eigenvalue weighted by molar-refractivity contribution is 7.08. The summed E-state index contributed by atoms with van der Waals surface area (Å²) in [5, 5.41) is 16.6. The molecule has 3 heterocycles. The van der Waals surface area contributed by atoms with E-state index in [1.165, 1.54) is 4.90 Å². The minimum atomic E-state index is -0.401. The molecule has 8 heteroatoms. The van der Waals surface area contributed by atoms with Gasteiger partial charge in [0, 0.05) is 18.7 Å². The predicted octanol–water partition coefficient (Wildman–Crippen LogP) is 3.63. The van der Waals surface area contributed by atoms with Crippen molar-refractivity contribution in [2.75, 3.05) is 18.0 Å². The number of rotatable bonds is 5. The summed E-state index contributed by atoms with van der Waals surface area (Å²) in [5.41, 5.74) is 4.03. The van der Waals surface area contributed by atoms with Crippen LogP contribution in [0.1, 0.15) is 32.7 Å². The van der Waals surface area contributed by atoms with Crippen LogP contribution in [-0.2, 0) is 4.79 Å². The Morgan fingerprint density at radius 3 is 2.16 bits per heavy atom. The van der Waals surface area contributed by atoms with E-state index >= 15 is 0 Å². The van der Waals surface area contributed by atoms with Crippen LogP contribution in [0.3, 0.4) is 0 Å². The number of imide groups is 1. The minimum Gasteiger partial charge on any atom is -0.410 e. The zero-order valence-corrected chi connectivity index (χ0v) is 17.1. The largest absolute Gasteiger partial charge is 0.410 e. The van der Waals surface area contributed by atoms with Crippen LogP contribution in [0.25, 0.3) is 11.1 Å². The van der Waals surface area contributed by atoms with Crippen molar-refractivity contribution in [3.63, 3.8) is 0 Å². The van der Waals surface area contributed by atoms with E-state index in [1.54, 1.807) is 46.6 Å². The number of thiophene rings is 1. The molecule has 0 fully saturated rings. The van der Waals surface area contributed by atoms with Crippen molar-refractivity contribution < 1.29 is 19.6 Å². The zero-order chi connectivity index (χ0) is 21.5. The maximum absolute atomic E-state index is 12.8. The second kappa shape index (κ2) is 7.48. The number of carbonyl (C=O) groups is 3. The monoisotopic (exact) mass is 431 g/mol. The molecule has 1 N–H and O–H groups in total. The quantitative estimate of drug-likeness (QED) is 0.380. The summed E-state index contributed by atoms with van der Waals surface area (Å²) in [6.45, 7) is 0.479. The molecule has 3 aromatic rings. The van der Waals surface area contributed by atoms with Gasteiger partial charge in [-0.05, 0) is 58.6 Å². The van der Waals surface area contributed by atoms with Gasteiger partial charge in [0.25, 0.3) is 17.7 Å². The molecule has 0 saturated heterocycles. The molecule has 0 aliphatic carbocycles. The van der Waals surface area contributed by atoms with E-state index in [0.29, 0.717) is 28.8 Å². The highest BCUT2D eigenvalue weighted by Crippen LogP contribution is 2.34. The summed E-state index contributed by atoms with van der Waals surface area (Å²) >= 11 is 1.58. The average Bonchev–Trinajstić information content (AvgIpc) is 3.47. The third-order valence-electron chi connectivity index (χ3n) is 5.59. The molecule has 2 aromatic carbocycles. The molecule has 3 amide bonds. The van der Waals surface area contributed by atoms with Gasteiger partial charge in [-0.25, -0.2) is 0 Å². The number of hydrogen-bond donors (Lipinski definition) is 1. The summed E-state index contributed by atoms with van der Waals surface area (Å²) in [7, 11) is 0. The number of anilines is 1. The smallest absolute Gasteiger partial charge is 0.281 e. The maximum atomic E-state index is 12.8. The Morgan fingerprint density at radius 2 is 1.52 bits per heavy atom. The minimum absolute atomic E-state index is 0.00685. The molecule has 2 aliphatic heterocycles. The van der Waals surface area contributed by atoms with Crippen LogP contribution in [0.15, 0.2) is 64.4 Å². The molecule has 2 aliphatic rings. The van der Waals surface area contributed by atoms with E-state index in [4.69, 9.17) is 0 Å². The highest BCUT2D eigenvalue weighted by atomic mass is 32.1. The van der Waals surface area contributed by atoms with Crippen molar-refractivity contribution in [1.82, 2.24) is 4.90 Å². The Morgan fingerprint density at radius 1 is 0.806 bits per heavy atom. The number of nitrogens with zero attached hydrogens (tertiary/aromatic N) is 3. The fraction of sp³-hybridized carbons (Fsp3) is 0.130. The lowest BCUT2D eigenvalue weighted by Gasteiger charge is -2.19. The fourth-order valence-electron chi connectivity index (χ4n) is 4.06. The molecule has 0 spiro atoms. The number of fused-ring (bicyclic) bond motifs is 2. The van der Waals surface area contributed by atoms with Crippen molar-refractivity contribution in [2.45, 2.75) is 6.42 Å². The van der Waals surface area contributed by atoms with Gasteiger partial charge in [-0.15, -0.1) is 0 Å². The lowest BCUT2D eigenvalue weighted by Crippen LogP contribution is -2.35. The Balaban J connectivity index is 1.36. The van der Waals surface area contributed by atoms with Crippen LogP contribution in [0.5, 0.6) is 0 Å². The van der Waals surface area contributed by atoms with Crippen molar-refractivity contribution >= 4 is 40.5 Å². The van der Waals surface area contributed by atoms with Crippen LogP contribution >= 0.6 is 11.3 Å². The number of carbonyl (C=O) groups excluding carboxylic acids is 3. The van der Waals surface area contributed by atoms with Gasteiger partial charge in [0.05, 0.1) is 16.8 Å².